The molecule has 2 aromatic rings. The number of urea groups is 1. The van der Waals surface area contributed by atoms with Crippen LogP contribution in [0.4, 0.5) is 13.6 Å². The summed E-state index contributed by atoms with van der Waals surface area (Å²) in [6.07, 6.45) is 0. The third kappa shape index (κ3) is 2.75. The minimum absolute atomic E-state index is 0.0392. The number of fused-ring (bicyclic) bond motifs is 1. The van der Waals surface area contributed by atoms with Gasteiger partial charge in [0, 0.05) is 11.1 Å². The van der Waals surface area contributed by atoms with E-state index in [1.165, 1.54) is 19.1 Å². The maximum Gasteiger partial charge on any atom is 0.325 e. The van der Waals surface area contributed by atoms with Gasteiger partial charge in [0.15, 0.2) is 17.3 Å². The van der Waals surface area contributed by atoms with Gasteiger partial charge in [-0.3, -0.25) is 14.5 Å². The first kappa shape index (κ1) is 17.9. The SMILES string of the molecule is C[C@@]1(c2cc(F)ccc2F)NC(=O)N(CC(=O)c2ccc3c(c2)OCO3)C1=O. The van der Waals surface area contributed by atoms with Gasteiger partial charge >= 0.3 is 6.03 Å². The number of rotatable bonds is 4. The predicted octanol–water partition coefficient (Wildman–Crippen LogP) is 2.34. The summed E-state index contributed by atoms with van der Waals surface area (Å²) in [6, 6.07) is 6.24. The highest BCUT2D eigenvalue weighted by molar-refractivity contribution is 6.11. The number of nitrogens with zero attached hydrogens (tertiary/aromatic N) is 1. The second-order valence-electron chi connectivity index (χ2n) is 6.56. The zero-order valence-electron chi connectivity index (χ0n) is 14.6. The smallest absolute Gasteiger partial charge is 0.325 e. The molecule has 0 bridgehead atoms. The van der Waals surface area contributed by atoms with Gasteiger partial charge in [-0.25, -0.2) is 13.6 Å². The minimum atomic E-state index is -1.82. The number of hydrogen-bond acceptors (Lipinski definition) is 5. The van der Waals surface area contributed by atoms with E-state index in [1.54, 1.807) is 6.07 Å². The fourth-order valence-corrected chi connectivity index (χ4v) is 3.21. The first-order chi connectivity index (χ1) is 13.3. The quantitative estimate of drug-likeness (QED) is 0.642. The maximum atomic E-state index is 14.2. The van der Waals surface area contributed by atoms with Crippen molar-refractivity contribution in [3.05, 3.63) is 59.2 Å². The molecule has 144 valence electrons. The monoisotopic (exact) mass is 388 g/mol. The molecule has 1 N–H and O–H groups in total. The van der Waals surface area contributed by atoms with Gasteiger partial charge in [0.1, 0.15) is 17.2 Å². The number of nitrogens with one attached hydrogen (secondary N) is 1. The highest BCUT2D eigenvalue weighted by atomic mass is 19.1. The molecule has 0 aliphatic carbocycles. The zero-order valence-corrected chi connectivity index (χ0v) is 14.6. The lowest BCUT2D eigenvalue weighted by atomic mass is 9.91. The van der Waals surface area contributed by atoms with E-state index >= 15 is 0 Å². The lowest BCUT2D eigenvalue weighted by Gasteiger charge is -2.22. The number of ketones is 1. The largest absolute Gasteiger partial charge is 0.454 e. The van der Waals surface area contributed by atoms with Crippen molar-refractivity contribution in [1.82, 2.24) is 10.2 Å². The van der Waals surface area contributed by atoms with Gasteiger partial charge in [-0.05, 0) is 43.3 Å². The summed E-state index contributed by atoms with van der Waals surface area (Å²) in [6.45, 7) is 0.741. The molecule has 1 saturated heterocycles. The summed E-state index contributed by atoms with van der Waals surface area (Å²) >= 11 is 0. The lowest BCUT2D eigenvalue weighted by molar-refractivity contribution is -0.130. The third-order valence-corrected chi connectivity index (χ3v) is 4.74. The highest BCUT2D eigenvalue weighted by Gasteiger charge is 2.50. The van der Waals surface area contributed by atoms with Crippen LogP contribution in [0.3, 0.4) is 0 Å². The Balaban J connectivity index is 1.59. The third-order valence-electron chi connectivity index (χ3n) is 4.74. The first-order valence-electron chi connectivity index (χ1n) is 8.32. The van der Waals surface area contributed by atoms with E-state index < -0.39 is 41.4 Å². The molecular formula is C19H14F2N2O5. The lowest BCUT2D eigenvalue weighted by Crippen LogP contribution is -2.42. The van der Waals surface area contributed by atoms with Crippen LogP contribution in [-0.4, -0.2) is 36.0 Å². The number of imide groups is 1. The second kappa shape index (κ2) is 6.29. The summed E-state index contributed by atoms with van der Waals surface area (Å²) in [5.41, 5.74) is -1.92. The van der Waals surface area contributed by atoms with Crippen molar-refractivity contribution in [2.45, 2.75) is 12.5 Å². The standard InChI is InChI=1S/C19H14F2N2O5/c1-19(12-7-11(20)3-4-13(12)21)17(25)23(18(26)22-19)8-14(24)10-2-5-15-16(6-10)28-9-27-15/h2-7H,8-9H2,1H3,(H,22,26)/t19-/m0/s1. The van der Waals surface area contributed by atoms with Crippen LogP contribution in [0.15, 0.2) is 36.4 Å². The number of hydrogen-bond donors (Lipinski definition) is 1. The average molecular weight is 388 g/mol. The van der Waals surface area contributed by atoms with Gasteiger partial charge in [-0.15, -0.1) is 0 Å². The van der Waals surface area contributed by atoms with Crippen LogP contribution in [0, 0.1) is 11.6 Å². The molecule has 2 aromatic carbocycles. The Labute approximate surface area is 157 Å². The van der Waals surface area contributed by atoms with E-state index in [2.05, 4.69) is 5.32 Å². The molecule has 2 aliphatic rings. The fraction of sp³-hybridized carbons (Fsp3) is 0.211. The molecule has 2 aliphatic heterocycles. The number of benzene rings is 2. The second-order valence-corrected chi connectivity index (χ2v) is 6.56. The molecule has 28 heavy (non-hydrogen) atoms. The number of ether oxygens (including phenoxy) is 2. The first-order valence-corrected chi connectivity index (χ1v) is 8.32. The zero-order chi connectivity index (χ0) is 20.1. The van der Waals surface area contributed by atoms with Gasteiger partial charge in [-0.2, -0.15) is 0 Å². The number of amides is 3. The van der Waals surface area contributed by atoms with Crippen LogP contribution in [0.25, 0.3) is 0 Å². The van der Waals surface area contributed by atoms with Gasteiger partial charge in [0.25, 0.3) is 5.91 Å². The number of Topliss-reactive ketones (excluding diaryl/α,β-unsaturated/α-hetero) is 1. The molecule has 7 nitrogen and oxygen atoms in total. The topological polar surface area (TPSA) is 84.9 Å². The van der Waals surface area contributed by atoms with Gasteiger partial charge in [-0.1, -0.05) is 0 Å². The Bertz CT molecular complexity index is 1030. The van der Waals surface area contributed by atoms with Crippen molar-refractivity contribution in [3.63, 3.8) is 0 Å². The van der Waals surface area contributed by atoms with Crippen LogP contribution >= 0.6 is 0 Å². The number of carbonyl (C=O) groups excluding carboxylic acids is 3. The van der Waals surface area contributed by atoms with Crippen molar-refractivity contribution in [2.24, 2.45) is 0 Å². The summed E-state index contributed by atoms with van der Waals surface area (Å²) in [7, 11) is 0. The Morgan fingerprint density at radius 1 is 1.14 bits per heavy atom. The average Bonchev–Trinajstić information content (AvgIpc) is 3.22. The van der Waals surface area contributed by atoms with Crippen molar-refractivity contribution >= 4 is 17.7 Å². The summed E-state index contributed by atoms with van der Waals surface area (Å²) in [4.78, 5) is 38.4. The predicted molar refractivity (Wildman–Crippen MR) is 90.9 cm³/mol. The Kier molecular flexibility index (Phi) is 4.02. The van der Waals surface area contributed by atoms with E-state index in [0.29, 0.717) is 16.4 Å². The molecule has 4 rings (SSSR count). The Morgan fingerprint density at radius 3 is 2.68 bits per heavy atom. The van der Waals surface area contributed by atoms with E-state index in [9.17, 15) is 23.2 Å². The molecule has 9 heteroatoms. The molecule has 1 atom stereocenters. The molecule has 0 unspecified atom stereocenters. The molecule has 0 saturated carbocycles. The van der Waals surface area contributed by atoms with Gasteiger partial charge in [0.05, 0.1) is 6.54 Å². The summed E-state index contributed by atoms with van der Waals surface area (Å²) < 4.78 is 38.1. The number of carbonyl (C=O) groups is 3. The van der Waals surface area contributed by atoms with Crippen LogP contribution in [0.2, 0.25) is 0 Å². The summed E-state index contributed by atoms with van der Waals surface area (Å²) in [5, 5.41) is 2.35. The molecule has 0 spiro atoms. The molecule has 0 radical (unpaired) electrons. The fourth-order valence-electron chi connectivity index (χ4n) is 3.21. The summed E-state index contributed by atoms with van der Waals surface area (Å²) in [5.74, 6) is -2.10. The van der Waals surface area contributed by atoms with Gasteiger partial charge < -0.3 is 14.8 Å². The van der Waals surface area contributed by atoms with Crippen LogP contribution in [-0.2, 0) is 10.3 Å². The van der Waals surface area contributed by atoms with Crippen molar-refractivity contribution in [2.75, 3.05) is 13.3 Å². The normalized spacial score (nSPS) is 20.5. The number of halogens is 2. The van der Waals surface area contributed by atoms with E-state index in [0.717, 1.165) is 18.2 Å². The van der Waals surface area contributed by atoms with E-state index in [4.69, 9.17) is 9.47 Å². The van der Waals surface area contributed by atoms with Crippen LogP contribution < -0.4 is 14.8 Å². The Morgan fingerprint density at radius 2 is 1.89 bits per heavy atom. The molecule has 1 fully saturated rings. The van der Waals surface area contributed by atoms with Crippen molar-refractivity contribution < 1.29 is 32.6 Å². The van der Waals surface area contributed by atoms with E-state index in [-0.39, 0.29) is 17.9 Å². The molecular weight excluding hydrogens is 374 g/mol. The van der Waals surface area contributed by atoms with E-state index in [1.807, 2.05) is 0 Å². The minimum Gasteiger partial charge on any atom is -0.454 e. The van der Waals surface area contributed by atoms with Crippen molar-refractivity contribution in [1.29, 1.82) is 0 Å². The Hall–Kier alpha value is -3.49. The van der Waals surface area contributed by atoms with Crippen LogP contribution in [0.1, 0.15) is 22.8 Å². The van der Waals surface area contributed by atoms with Crippen molar-refractivity contribution in [3.8, 4) is 11.5 Å². The highest BCUT2D eigenvalue weighted by Crippen LogP contribution is 2.34. The maximum absolute atomic E-state index is 14.2. The molecule has 2 heterocycles. The molecule has 3 amide bonds. The van der Waals surface area contributed by atoms with Crippen LogP contribution in [0.5, 0.6) is 11.5 Å². The molecule has 0 aromatic heterocycles. The van der Waals surface area contributed by atoms with Gasteiger partial charge in [0.2, 0.25) is 6.79 Å².